The maximum atomic E-state index is 13.1. The molecule has 4 nitrogen and oxygen atoms in total. The summed E-state index contributed by atoms with van der Waals surface area (Å²) in [4.78, 5) is 15.1. The van der Waals surface area contributed by atoms with Gasteiger partial charge in [-0.05, 0) is 86.9 Å². The van der Waals surface area contributed by atoms with Crippen LogP contribution in [0.2, 0.25) is 5.02 Å². The van der Waals surface area contributed by atoms with Crippen LogP contribution < -0.4 is 10.6 Å². The second-order valence-corrected chi connectivity index (χ2v) is 11.0. The number of nitrogens with zero attached hydrogens (tertiary/aromatic N) is 1. The Morgan fingerprint density at radius 3 is 2.08 bits per heavy atom. The van der Waals surface area contributed by atoms with Crippen LogP contribution in [0.5, 0.6) is 0 Å². The number of benzene rings is 3. The van der Waals surface area contributed by atoms with Crippen LogP contribution in [-0.2, 0) is 6.42 Å². The topological polar surface area (TPSA) is 44.4 Å². The van der Waals surface area contributed by atoms with Crippen LogP contribution in [0, 0.1) is 13.8 Å². The number of hydrogen-bond acceptors (Lipinski definition) is 3. The van der Waals surface area contributed by atoms with Crippen molar-refractivity contribution in [3.8, 4) is 0 Å². The molecule has 2 N–H and O–H groups in total. The number of halogens is 1. The summed E-state index contributed by atoms with van der Waals surface area (Å²) >= 11 is 6.00. The van der Waals surface area contributed by atoms with E-state index < -0.39 is 0 Å². The van der Waals surface area contributed by atoms with E-state index in [9.17, 15) is 4.79 Å². The first kappa shape index (κ1) is 27.4. The predicted molar refractivity (Wildman–Crippen MR) is 155 cm³/mol. The number of nitrogens with one attached hydrogen (secondary N) is 2. The SMILES string of the molecule is Cc1cccc(C)c1C(=O)N1CCC(NC[C@H](C)N[C@@H](C)c2ccc(Cc3ccc(Cl)cc3)cc2)CC1. The molecule has 1 fully saturated rings. The summed E-state index contributed by atoms with van der Waals surface area (Å²) in [7, 11) is 0. The molecule has 0 bridgehead atoms. The monoisotopic (exact) mass is 517 g/mol. The zero-order valence-electron chi connectivity index (χ0n) is 22.6. The van der Waals surface area contributed by atoms with Gasteiger partial charge in [-0.2, -0.15) is 0 Å². The predicted octanol–water partition coefficient (Wildman–Crippen LogP) is 6.48. The third-order valence-electron chi connectivity index (χ3n) is 7.53. The number of likely N-dealkylation sites (tertiary alicyclic amines) is 1. The quantitative estimate of drug-likeness (QED) is 0.341. The second-order valence-electron chi connectivity index (χ2n) is 10.6. The van der Waals surface area contributed by atoms with Gasteiger partial charge in [-0.1, -0.05) is 66.2 Å². The van der Waals surface area contributed by atoms with Gasteiger partial charge in [0, 0.05) is 48.3 Å². The Kier molecular flexibility index (Phi) is 9.42. The lowest BCUT2D eigenvalue weighted by atomic mass is 9.99. The molecular weight excluding hydrogens is 478 g/mol. The minimum Gasteiger partial charge on any atom is -0.339 e. The normalized spacial score (nSPS) is 16.0. The van der Waals surface area contributed by atoms with Crippen molar-refractivity contribution in [3.05, 3.63) is 105 Å². The van der Waals surface area contributed by atoms with Gasteiger partial charge >= 0.3 is 0 Å². The van der Waals surface area contributed by atoms with E-state index in [2.05, 4.69) is 60.9 Å². The highest BCUT2D eigenvalue weighted by Gasteiger charge is 2.25. The number of carbonyl (C=O) groups is 1. The van der Waals surface area contributed by atoms with Crippen molar-refractivity contribution in [2.45, 2.75) is 65.1 Å². The molecule has 0 spiro atoms. The zero-order chi connectivity index (χ0) is 26.4. The summed E-state index contributed by atoms with van der Waals surface area (Å²) in [6, 6.07) is 24.1. The van der Waals surface area contributed by atoms with Gasteiger partial charge in [0.05, 0.1) is 0 Å². The van der Waals surface area contributed by atoms with Crippen molar-refractivity contribution < 1.29 is 4.79 Å². The molecule has 0 aliphatic carbocycles. The molecule has 5 heteroatoms. The molecular formula is C32H40ClN3O. The van der Waals surface area contributed by atoms with E-state index in [1.54, 1.807) is 0 Å². The summed E-state index contributed by atoms with van der Waals surface area (Å²) in [5, 5.41) is 8.24. The summed E-state index contributed by atoms with van der Waals surface area (Å²) < 4.78 is 0. The van der Waals surface area contributed by atoms with Crippen LogP contribution in [-0.4, -0.2) is 42.5 Å². The highest BCUT2D eigenvalue weighted by molar-refractivity contribution is 6.30. The fraction of sp³-hybridized carbons (Fsp3) is 0.406. The van der Waals surface area contributed by atoms with Gasteiger partial charge in [0.2, 0.25) is 0 Å². The third-order valence-corrected chi connectivity index (χ3v) is 7.78. The zero-order valence-corrected chi connectivity index (χ0v) is 23.3. The van der Waals surface area contributed by atoms with E-state index in [0.717, 1.165) is 60.6 Å². The molecule has 1 amide bonds. The molecule has 1 saturated heterocycles. The van der Waals surface area contributed by atoms with Crippen LogP contribution in [0.3, 0.4) is 0 Å². The molecule has 0 aromatic heterocycles. The molecule has 37 heavy (non-hydrogen) atoms. The van der Waals surface area contributed by atoms with Gasteiger partial charge in [-0.25, -0.2) is 0 Å². The Hall–Kier alpha value is -2.66. The van der Waals surface area contributed by atoms with Crippen molar-refractivity contribution in [1.82, 2.24) is 15.5 Å². The lowest BCUT2D eigenvalue weighted by Gasteiger charge is -2.34. The van der Waals surface area contributed by atoms with Crippen LogP contribution >= 0.6 is 11.6 Å². The maximum Gasteiger partial charge on any atom is 0.254 e. The van der Waals surface area contributed by atoms with Gasteiger partial charge < -0.3 is 15.5 Å². The third kappa shape index (κ3) is 7.44. The molecule has 1 aliphatic rings. The highest BCUT2D eigenvalue weighted by Crippen LogP contribution is 2.20. The van der Waals surface area contributed by atoms with Crippen molar-refractivity contribution >= 4 is 17.5 Å². The Labute approximate surface area is 227 Å². The molecule has 1 aliphatic heterocycles. The Bertz CT molecular complexity index is 1150. The van der Waals surface area contributed by atoms with E-state index >= 15 is 0 Å². The maximum absolute atomic E-state index is 13.1. The smallest absolute Gasteiger partial charge is 0.254 e. The first-order valence-electron chi connectivity index (χ1n) is 13.5. The van der Waals surface area contributed by atoms with Gasteiger partial charge in [0.1, 0.15) is 0 Å². The van der Waals surface area contributed by atoms with E-state index in [4.69, 9.17) is 11.6 Å². The highest BCUT2D eigenvalue weighted by atomic mass is 35.5. The summed E-state index contributed by atoms with van der Waals surface area (Å²) in [6.07, 6.45) is 2.90. The molecule has 0 radical (unpaired) electrons. The van der Waals surface area contributed by atoms with Gasteiger partial charge in [0.25, 0.3) is 5.91 Å². The number of rotatable bonds is 9. The lowest BCUT2D eigenvalue weighted by Crippen LogP contribution is -2.48. The molecule has 0 unspecified atom stereocenters. The Balaban J connectivity index is 1.20. The summed E-state index contributed by atoms with van der Waals surface area (Å²) in [5.74, 6) is 0.178. The van der Waals surface area contributed by atoms with E-state index in [-0.39, 0.29) is 11.9 Å². The van der Waals surface area contributed by atoms with Crippen LogP contribution in [0.1, 0.15) is 70.9 Å². The van der Waals surface area contributed by atoms with Gasteiger partial charge in [-0.3, -0.25) is 4.79 Å². The number of amides is 1. The number of aryl methyl sites for hydroxylation is 2. The number of carbonyl (C=O) groups excluding carboxylic acids is 1. The number of hydrogen-bond donors (Lipinski definition) is 2. The Morgan fingerprint density at radius 2 is 1.49 bits per heavy atom. The molecule has 2 atom stereocenters. The van der Waals surface area contributed by atoms with Crippen molar-refractivity contribution in [1.29, 1.82) is 0 Å². The molecule has 1 heterocycles. The molecule has 0 saturated carbocycles. The minimum atomic E-state index is 0.178. The van der Waals surface area contributed by atoms with Crippen LogP contribution in [0.15, 0.2) is 66.7 Å². The fourth-order valence-corrected chi connectivity index (χ4v) is 5.41. The van der Waals surface area contributed by atoms with Crippen molar-refractivity contribution in [2.75, 3.05) is 19.6 Å². The average molecular weight is 518 g/mol. The Morgan fingerprint density at radius 1 is 0.919 bits per heavy atom. The van der Waals surface area contributed by atoms with Gasteiger partial charge in [-0.15, -0.1) is 0 Å². The average Bonchev–Trinajstić information content (AvgIpc) is 2.89. The standard InChI is InChI=1S/C32H40ClN3O/c1-22-6-5-7-23(2)31(22)32(37)36-18-16-30(17-19-36)34-21-24(3)35-25(4)28-12-8-26(9-13-28)20-27-10-14-29(33)15-11-27/h5-15,24-25,30,34-35H,16-21H2,1-4H3/t24-,25-/m0/s1. The lowest BCUT2D eigenvalue weighted by molar-refractivity contribution is 0.0703. The van der Waals surface area contributed by atoms with Gasteiger partial charge in [0.15, 0.2) is 0 Å². The van der Waals surface area contributed by atoms with Crippen molar-refractivity contribution in [3.63, 3.8) is 0 Å². The largest absolute Gasteiger partial charge is 0.339 e. The van der Waals surface area contributed by atoms with E-state index in [1.807, 2.05) is 49.1 Å². The summed E-state index contributed by atoms with van der Waals surface area (Å²) in [5.41, 5.74) is 6.87. The first-order chi connectivity index (χ1) is 17.8. The number of piperidine rings is 1. The van der Waals surface area contributed by atoms with Crippen molar-refractivity contribution in [2.24, 2.45) is 0 Å². The van der Waals surface area contributed by atoms with E-state index in [1.165, 1.54) is 16.7 Å². The van der Waals surface area contributed by atoms with Crippen LogP contribution in [0.25, 0.3) is 0 Å². The minimum absolute atomic E-state index is 0.178. The summed E-state index contributed by atoms with van der Waals surface area (Å²) in [6.45, 7) is 11.0. The second kappa shape index (κ2) is 12.7. The first-order valence-corrected chi connectivity index (χ1v) is 13.9. The fourth-order valence-electron chi connectivity index (χ4n) is 5.28. The van der Waals surface area contributed by atoms with Crippen LogP contribution in [0.4, 0.5) is 0 Å². The molecule has 196 valence electrons. The molecule has 3 aromatic rings. The molecule has 3 aromatic carbocycles. The molecule has 4 rings (SSSR count). The van der Waals surface area contributed by atoms with E-state index in [0.29, 0.717) is 12.1 Å².